The number of carbonyl (C=O) groups is 1. The van der Waals surface area contributed by atoms with E-state index >= 15 is 0 Å². The number of thiophene rings is 1. The second-order valence-corrected chi connectivity index (χ2v) is 8.19. The molecule has 1 aliphatic rings. The van der Waals surface area contributed by atoms with Gasteiger partial charge in [-0.05, 0) is 31.4 Å². The normalized spacial score (nSPS) is 13.8. The third-order valence-electron chi connectivity index (χ3n) is 5.20. The van der Waals surface area contributed by atoms with E-state index < -0.39 is 5.97 Å². The summed E-state index contributed by atoms with van der Waals surface area (Å²) in [4.78, 5) is 35.5. The van der Waals surface area contributed by atoms with Gasteiger partial charge in [0.25, 0.3) is 5.56 Å². The van der Waals surface area contributed by atoms with E-state index in [1.54, 1.807) is 14.0 Å². The van der Waals surface area contributed by atoms with Gasteiger partial charge in [0.2, 0.25) is 0 Å². The van der Waals surface area contributed by atoms with E-state index in [0.29, 0.717) is 45.6 Å². The average Bonchev–Trinajstić information content (AvgIpc) is 3.51. The number of aromatic amines is 1. The Morgan fingerprint density at radius 3 is 2.72 bits per heavy atom. The zero-order chi connectivity index (χ0) is 20.5. The van der Waals surface area contributed by atoms with Crippen molar-refractivity contribution in [3.05, 3.63) is 56.4 Å². The first kappa shape index (κ1) is 19.6. The molecule has 4 rings (SSSR count). The van der Waals surface area contributed by atoms with Crippen molar-refractivity contribution in [3.63, 3.8) is 0 Å². The molecule has 29 heavy (non-hydrogen) atoms. The highest BCUT2D eigenvalue weighted by atomic mass is 32.1. The molecule has 0 spiro atoms. The average molecular weight is 413 g/mol. The highest BCUT2D eigenvalue weighted by Gasteiger charge is 2.30. The predicted octanol–water partition coefficient (Wildman–Crippen LogP) is 3.25. The molecule has 1 N–H and O–H groups in total. The lowest BCUT2D eigenvalue weighted by atomic mass is 10.2. The summed E-state index contributed by atoms with van der Waals surface area (Å²) in [5.74, 6) is 1.01. The van der Waals surface area contributed by atoms with E-state index in [9.17, 15) is 9.59 Å². The van der Waals surface area contributed by atoms with Crippen LogP contribution in [-0.4, -0.2) is 41.1 Å². The van der Waals surface area contributed by atoms with E-state index in [-0.39, 0.29) is 5.56 Å². The number of nitrogens with zero attached hydrogens (tertiary/aromatic N) is 2. The molecule has 1 fully saturated rings. The van der Waals surface area contributed by atoms with Crippen LogP contribution in [0.4, 0.5) is 0 Å². The Kier molecular flexibility index (Phi) is 5.38. The third-order valence-corrected chi connectivity index (χ3v) is 6.37. The molecule has 1 aromatic carbocycles. The van der Waals surface area contributed by atoms with Crippen LogP contribution in [0.15, 0.2) is 29.1 Å². The molecule has 1 saturated carbocycles. The van der Waals surface area contributed by atoms with Gasteiger partial charge in [-0.3, -0.25) is 9.69 Å². The Hall–Kier alpha value is -2.71. The summed E-state index contributed by atoms with van der Waals surface area (Å²) < 4.78 is 10.3. The summed E-state index contributed by atoms with van der Waals surface area (Å²) in [6.45, 7) is 2.99. The molecule has 0 atom stereocenters. The molecule has 2 aromatic heterocycles. The van der Waals surface area contributed by atoms with Crippen LogP contribution in [0, 0.1) is 6.92 Å². The van der Waals surface area contributed by atoms with Crippen LogP contribution in [0.3, 0.4) is 0 Å². The fraction of sp³-hybridized carbons (Fsp3) is 0.381. The van der Waals surface area contributed by atoms with Gasteiger partial charge in [0.15, 0.2) is 0 Å². The van der Waals surface area contributed by atoms with Gasteiger partial charge in [-0.25, -0.2) is 9.78 Å². The lowest BCUT2D eigenvalue weighted by molar-refractivity contribution is 0.0605. The zero-order valence-corrected chi connectivity index (χ0v) is 17.5. The van der Waals surface area contributed by atoms with Crippen molar-refractivity contribution in [1.29, 1.82) is 0 Å². The van der Waals surface area contributed by atoms with E-state index in [1.165, 1.54) is 18.4 Å². The number of para-hydroxylation sites is 1. The molecule has 0 aliphatic heterocycles. The van der Waals surface area contributed by atoms with Crippen LogP contribution in [0.5, 0.6) is 5.75 Å². The second kappa shape index (κ2) is 7.96. The second-order valence-electron chi connectivity index (χ2n) is 7.19. The number of esters is 1. The fourth-order valence-corrected chi connectivity index (χ4v) is 4.67. The molecule has 7 nitrogen and oxygen atoms in total. The standard InChI is InChI=1S/C21H23N3O4S/c1-12-17-19(25)22-16(23-20(17)29-18(12)21(26)28-3)11-24(14-8-9-14)10-13-6-4-5-7-15(13)27-2/h4-7,14H,8-11H2,1-3H3,(H,22,23,25). The molecule has 3 aromatic rings. The summed E-state index contributed by atoms with van der Waals surface area (Å²) in [5, 5.41) is 0.460. The fourth-order valence-electron chi connectivity index (χ4n) is 3.55. The summed E-state index contributed by atoms with van der Waals surface area (Å²) in [6, 6.07) is 8.43. The molecule has 0 radical (unpaired) electrons. The number of nitrogens with one attached hydrogen (secondary N) is 1. The van der Waals surface area contributed by atoms with Crippen LogP contribution in [-0.2, 0) is 17.8 Å². The number of H-pyrrole nitrogens is 1. The molecule has 8 heteroatoms. The Labute approximate surface area is 172 Å². The number of hydrogen-bond donors (Lipinski definition) is 1. The van der Waals surface area contributed by atoms with Crippen molar-refractivity contribution < 1.29 is 14.3 Å². The highest BCUT2D eigenvalue weighted by Crippen LogP contribution is 2.32. The predicted molar refractivity (Wildman–Crippen MR) is 112 cm³/mol. The maximum atomic E-state index is 12.7. The van der Waals surface area contributed by atoms with Gasteiger partial charge in [0.05, 0.1) is 26.2 Å². The Bertz CT molecular complexity index is 1120. The van der Waals surface area contributed by atoms with Crippen molar-refractivity contribution in [3.8, 4) is 5.75 Å². The third kappa shape index (κ3) is 3.90. The largest absolute Gasteiger partial charge is 0.496 e. The van der Waals surface area contributed by atoms with Gasteiger partial charge in [0.1, 0.15) is 21.3 Å². The van der Waals surface area contributed by atoms with Crippen LogP contribution >= 0.6 is 11.3 Å². The maximum Gasteiger partial charge on any atom is 0.348 e. The molecular weight excluding hydrogens is 390 g/mol. The number of hydrogen-bond acceptors (Lipinski definition) is 7. The van der Waals surface area contributed by atoms with Gasteiger partial charge in [-0.2, -0.15) is 0 Å². The van der Waals surface area contributed by atoms with Crippen LogP contribution in [0.1, 0.15) is 39.5 Å². The highest BCUT2D eigenvalue weighted by molar-refractivity contribution is 7.20. The Morgan fingerprint density at radius 1 is 1.28 bits per heavy atom. The first-order valence-electron chi connectivity index (χ1n) is 9.48. The molecule has 2 heterocycles. The van der Waals surface area contributed by atoms with Gasteiger partial charge < -0.3 is 14.5 Å². The lowest BCUT2D eigenvalue weighted by Gasteiger charge is -2.22. The number of methoxy groups -OCH3 is 2. The van der Waals surface area contributed by atoms with Crippen LogP contribution in [0.25, 0.3) is 10.2 Å². The minimum absolute atomic E-state index is 0.220. The van der Waals surface area contributed by atoms with Gasteiger partial charge in [0, 0.05) is 18.2 Å². The van der Waals surface area contributed by atoms with Crippen LogP contribution in [0.2, 0.25) is 0 Å². The van der Waals surface area contributed by atoms with E-state index in [2.05, 4.69) is 20.9 Å². The van der Waals surface area contributed by atoms with Gasteiger partial charge in [-0.15, -0.1) is 11.3 Å². The Morgan fingerprint density at radius 2 is 2.03 bits per heavy atom. The number of aromatic nitrogens is 2. The summed E-state index contributed by atoms with van der Waals surface area (Å²) in [5.41, 5.74) is 1.50. The SMILES string of the molecule is COC(=O)c1sc2nc(CN(Cc3ccccc3OC)C3CC3)[nH]c(=O)c2c1C. The summed E-state index contributed by atoms with van der Waals surface area (Å²) in [6.07, 6.45) is 2.26. The van der Waals surface area contributed by atoms with Crippen molar-refractivity contribution in [1.82, 2.24) is 14.9 Å². The number of aryl methyl sites for hydroxylation is 1. The molecule has 0 bridgehead atoms. The zero-order valence-electron chi connectivity index (χ0n) is 16.7. The minimum Gasteiger partial charge on any atom is -0.496 e. The number of carbonyl (C=O) groups excluding carboxylic acids is 1. The molecule has 0 saturated heterocycles. The lowest BCUT2D eigenvalue weighted by Crippen LogP contribution is -2.27. The first-order chi connectivity index (χ1) is 14.0. The van der Waals surface area contributed by atoms with E-state index in [1.807, 2.05) is 18.2 Å². The van der Waals surface area contributed by atoms with Crippen molar-refractivity contribution >= 4 is 27.5 Å². The van der Waals surface area contributed by atoms with Gasteiger partial charge >= 0.3 is 5.97 Å². The minimum atomic E-state index is -0.442. The van der Waals surface area contributed by atoms with Crippen molar-refractivity contribution in [2.45, 2.75) is 38.9 Å². The molecular formula is C21H23N3O4S. The topological polar surface area (TPSA) is 84.5 Å². The Balaban J connectivity index is 1.65. The first-order valence-corrected chi connectivity index (χ1v) is 10.3. The van der Waals surface area contributed by atoms with E-state index in [0.717, 1.165) is 24.2 Å². The summed E-state index contributed by atoms with van der Waals surface area (Å²) >= 11 is 1.20. The quantitative estimate of drug-likeness (QED) is 0.599. The summed E-state index contributed by atoms with van der Waals surface area (Å²) in [7, 11) is 3.01. The number of benzene rings is 1. The van der Waals surface area contributed by atoms with Crippen LogP contribution < -0.4 is 10.3 Å². The van der Waals surface area contributed by atoms with Crippen molar-refractivity contribution in [2.75, 3.05) is 14.2 Å². The molecule has 1 aliphatic carbocycles. The number of rotatable bonds is 7. The molecule has 152 valence electrons. The monoisotopic (exact) mass is 413 g/mol. The number of fused-ring (bicyclic) bond motifs is 1. The molecule has 0 amide bonds. The maximum absolute atomic E-state index is 12.7. The molecule has 0 unspecified atom stereocenters. The van der Waals surface area contributed by atoms with Crippen molar-refractivity contribution in [2.24, 2.45) is 0 Å². The van der Waals surface area contributed by atoms with Gasteiger partial charge in [-0.1, -0.05) is 18.2 Å². The van der Waals surface area contributed by atoms with E-state index in [4.69, 9.17) is 9.47 Å². The smallest absolute Gasteiger partial charge is 0.348 e. The number of ether oxygens (including phenoxy) is 2.